The highest BCUT2D eigenvalue weighted by Crippen LogP contribution is 2.22. The Bertz CT molecular complexity index is 701. The van der Waals surface area contributed by atoms with Crippen LogP contribution in [0.2, 0.25) is 5.02 Å². The molecule has 0 saturated heterocycles. The van der Waals surface area contributed by atoms with Gasteiger partial charge in [-0.3, -0.25) is 9.59 Å². The number of halogens is 1. The smallest absolute Gasteiger partial charge is 0.258 e. The molecule has 0 aliphatic carbocycles. The average Bonchev–Trinajstić information content (AvgIpc) is 2.53. The predicted molar refractivity (Wildman–Crippen MR) is 88.5 cm³/mol. The van der Waals surface area contributed by atoms with Gasteiger partial charge in [0.1, 0.15) is 5.75 Å². The first-order valence-electron chi connectivity index (χ1n) is 7.04. The van der Waals surface area contributed by atoms with Crippen LogP contribution in [0.5, 0.6) is 5.75 Å². The van der Waals surface area contributed by atoms with Gasteiger partial charge in [0.2, 0.25) is 5.91 Å². The van der Waals surface area contributed by atoms with Crippen molar-refractivity contribution >= 4 is 23.4 Å². The summed E-state index contributed by atoms with van der Waals surface area (Å²) in [6.07, 6.45) is 0. The summed E-state index contributed by atoms with van der Waals surface area (Å²) in [7, 11) is 0. The van der Waals surface area contributed by atoms with E-state index in [-0.39, 0.29) is 18.6 Å². The van der Waals surface area contributed by atoms with Crippen LogP contribution in [-0.4, -0.2) is 18.4 Å². The molecular weight excluding hydrogens is 316 g/mol. The zero-order valence-electron chi connectivity index (χ0n) is 12.6. The highest BCUT2D eigenvalue weighted by molar-refractivity contribution is 6.31. The summed E-state index contributed by atoms with van der Waals surface area (Å²) in [5, 5.41) is 3.41. The van der Waals surface area contributed by atoms with E-state index in [1.165, 1.54) is 0 Å². The maximum atomic E-state index is 11.9. The molecule has 0 radical (unpaired) electrons. The van der Waals surface area contributed by atoms with Gasteiger partial charge in [0.25, 0.3) is 5.91 Å². The monoisotopic (exact) mass is 332 g/mol. The van der Waals surface area contributed by atoms with Crippen LogP contribution < -0.4 is 15.8 Å². The lowest BCUT2D eigenvalue weighted by atomic mass is 10.1. The molecule has 0 aromatic heterocycles. The van der Waals surface area contributed by atoms with Crippen molar-refractivity contribution in [2.45, 2.75) is 13.0 Å². The molecular formula is C17H17ClN2O3. The highest BCUT2D eigenvalue weighted by atomic mass is 35.5. The molecule has 0 aliphatic heterocycles. The predicted octanol–water partition coefficient (Wildman–Crippen LogP) is 2.70. The van der Waals surface area contributed by atoms with E-state index in [1.54, 1.807) is 30.3 Å². The van der Waals surface area contributed by atoms with Gasteiger partial charge in [0.15, 0.2) is 6.61 Å². The van der Waals surface area contributed by atoms with Gasteiger partial charge < -0.3 is 15.8 Å². The van der Waals surface area contributed by atoms with Gasteiger partial charge in [-0.25, -0.2) is 0 Å². The Morgan fingerprint density at radius 1 is 1.17 bits per heavy atom. The highest BCUT2D eigenvalue weighted by Gasteiger charge is 2.12. The Kier molecular flexibility index (Phi) is 5.60. The van der Waals surface area contributed by atoms with Crippen molar-refractivity contribution in [2.75, 3.05) is 6.61 Å². The summed E-state index contributed by atoms with van der Waals surface area (Å²) in [5.74, 6) is -0.296. The number of nitrogens with two attached hydrogens (primary N) is 1. The van der Waals surface area contributed by atoms with Crippen LogP contribution in [0.25, 0.3) is 0 Å². The van der Waals surface area contributed by atoms with E-state index in [2.05, 4.69) is 5.32 Å². The van der Waals surface area contributed by atoms with E-state index in [9.17, 15) is 9.59 Å². The van der Waals surface area contributed by atoms with E-state index in [4.69, 9.17) is 22.1 Å². The Hall–Kier alpha value is -2.53. The summed E-state index contributed by atoms with van der Waals surface area (Å²) in [6.45, 7) is 1.71. The van der Waals surface area contributed by atoms with Gasteiger partial charge in [0, 0.05) is 10.6 Å². The van der Waals surface area contributed by atoms with Crippen molar-refractivity contribution in [3.63, 3.8) is 0 Å². The summed E-state index contributed by atoms with van der Waals surface area (Å²) < 4.78 is 5.37. The third kappa shape index (κ3) is 4.72. The van der Waals surface area contributed by atoms with E-state index < -0.39 is 5.91 Å². The van der Waals surface area contributed by atoms with E-state index >= 15 is 0 Å². The summed E-state index contributed by atoms with van der Waals surface area (Å²) >= 11 is 6.10. The molecule has 2 aromatic carbocycles. The van der Waals surface area contributed by atoms with Crippen molar-refractivity contribution in [3.05, 3.63) is 64.7 Å². The van der Waals surface area contributed by atoms with Crippen molar-refractivity contribution in [3.8, 4) is 5.75 Å². The molecule has 0 bridgehead atoms. The van der Waals surface area contributed by atoms with Gasteiger partial charge in [-0.2, -0.15) is 0 Å². The fourth-order valence-corrected chi connectivity index (χ4v) is 2.35. The molecule has 2 aromatic rings. The van der Waals surface area contributed by atoms with Crippen LogP contribution in [0.1, 0.15) is 28.9 Å². The molecule has 3 N–H and O–H groups in total. The zero-order valence-corrected chi connectivity index (χ0v) is 13.3. The Balaban J connectivity index is 1.87. The number of benzene rings is 2. The fourth-order valence-electron chi connectivity index (χ4n) is 2.05. The van der Waals surface area contributed by atoms with Gasteiger partial charge >= 0.3 is 0 Å². The van der Waals surface area contributed by atoms with E-state index in [0.717, 1.165) is 5.56 Å². The second kappa shape index (κ2) is 7.65. The Labute approximate surface area is 139 Å². The number of amides is 2. The molecule has 1 atom stereocenters. The summed E-state index contributed by atoms with van der Waals surface area (Å²) in [6, 6.07) is 13.4. The molecule has 0 unspecified atom stereocenters. The molecule has 0 heterocycles. The molecule has 2 rings (SSSR count). The fraction of sp³-hybridized carbons (Fsp3) is 0.176. The van der Waals surface area contributed by atoms with Crippen LogP contribution in [0.4, 0.5) is 0 Å². The summed E-state index contributed by atoms with van der Waals surface area (Å²) in [4.78, 5) is 22.9. The number of ether oxygens (including phenoxy) is 1. The van der Waals surface area contributed by atoms with Gasteiger partial charge in [-0.15, -0.1) is 0 Å². The standard InChI is InChI=1S/C17H17ClN2O3/c1-11(14-4-2-3-5-15(14)18)20-16(21)10-23-13-8-6-12(7-9-13)17(19)22/h2-9,11H,10H2,1H3,(H2,19,22)(H,20,21)/t11-/m0/s1. The molecule has 5 nitrogen and oxygen atoms in total. The van der Waals surface area contributed by atoms with Gasteiger partial charge in [-0.05, 0) is 42.8 Å². The van der Waals surface area contributed by atoms with Crippen LogP contribution >= 0.6 is 11.6 Å². The van der Waals surface area contributed by atoms with Crippen LogP contribution in [-0.2, 0) is 4.79 Å². The topological polar surface area (TPSA) is 81.4 Å². The SMILES string of the molecule is C[C@H](NC(=O)COc1ccc(C(N)=O)cc1)c1ccccc1Cl. The first kappa shape index (κ1) is 16.8. The van der Waals surface area contributed by atoms with Crippen molar-refractivity contribution in [2.24, 2.45) is 5.73 Å². The molecule has 0 spiro atoms. The largest absolute Gasteiger partial charge is 0.484 e. The number of primary amides is 1. The first-order chi connectivity index (χ1) is 11.0. The Morgan fingerprint density at radius 2 is 1.83 bits per heavy atom. The third-order valence-electron chi connectivity index (χ3n) is 3.26. The Morgan fingerprint density at radius 3 is 2.43 bits per heavy atom. The second-order valence-electron chi connectivity index (χ2n) is 4.99. The number of carbonyl (C=O) groups is 2. The third-order valence-corrected chi connectivity index (χ3v) is 3.60. The number of rotatable bonds is 6. The quantitative estimate of drug-likeness (QED) is 0.853. The molecule has 23 heavy (non-hydrogen) atoms. The molecule has 2 amide bonds. The number of hydrogen-bond donors (Lipinski definition) is 2. The number of nitrogens with one attached hydrogen (secondary N) is 1. The minimum atomic E-state index is -0.511. The molecule has 0 aliphatic rings. The van der Waals surface area contributed by atoms with Crippen molar-refractivity contribution < 1.29 is 14.3 Å². The maximum Gasteiger partial charge on any atom is 0.258 e. The number of carbonyl (C=O) groups excluding carboxylic acids is 2. The molecule has 6 heteroatoms. The minimum Gasteiger partial charge on any atom is -0.484 e. The van der Waals surface area contributed by atoms with Crippen LogP contribution in [0.3, 0.4) is 0 Å². The van der Waals surface area contributed by atoms with E-state index in [1.807, 2.05) is 25.1 Å². The zero-order chi connectivity index (χ0) is 16.8. The second-order valence-corrected chi connectivity index (χ2v) is 5.40. The lowest BCUT2D eigenvalue weighted by molar-refractivity contribution is -0.123. The van der Waals surface area contributed by atoms with Gasteiger partial charge in [-0.1, -0.05) is 29.8 Å². The van der Waals surface area contributed by atoms with Crippen molar-refractivity contribution in [1.82, 2.24) is 5.32 Å². The molecule has 120 valence electrons. The average molecular weight is 333 g/mol. The minimum absolute atomic E-state index is 0.134. The van der Waals surface area contributed by atoms with Crippen LogP contribution in [0, 0.1) is 0 Å². The maximum absolute atomic E-state index is 11.9. The lowest BCUT2D eigenvalue weighted by Crippen LogP contribution is -2.31. The summed E-state index contributed by atoms with van der Waals surface area (Å²) in [5.41, 5.74) is 6.38. The van der Waals surface area contributed by atoms with Crippen molar-refractivity contribution in [1.29, 1.82) is 0 Å². The molecule has 0 fully saturated rings. The van der Waals surface area contributed by atoms with Crippen LogP contribution in [0.15, 0.2) is 48.5 Å². The number of hydrogen-bond acceptors (Lipinski definition) is 3. The van der Waals surface area contributed by atoms with Gasteiger partial charge in [0.05, 0.1) is 6.04 Å². The lowest BCUT2D eigenvalue weighted by Gasteiger charge is -2.16. The normalized spacial score (nSPS) is 11.6. The van der Waals surface area contributed by atoms with E-state index in [0.29, 0.717) is 16.3 Å². The first-order valence-corrected chi connectivity index (χ1v) is 7.41. The molecule has 0 saturated carbocycles.